The zero-order valence-electron chi connectivity index (χ0n) is 14.0. The lowest BCUT2D eigenvalue weighted by molar-refractivity contribution is -0.0609. The quantitative estimate of drug-likeness (QED) is 0.720. The van der Waals surface area contributed by atoms with E-state index < -0.39 is 17.7 Å². The van der Waals surface area contributed by atoms with Gasteiger partial charge < -0.3 is 20.5 Å². The molecule has 0 saturated heterocycles. The molecule has 3 rings (SSSR count). The first kappa shape index (κ1) is 17.2. The third-order valence-corrected chi connectivity index (χ3v) is 4.41. The summed E-state index contributed by atoms with van der Waals surface area (Å²) >= 11 is 5.40. The van der Waals surface area contributed by atoms with Crippen LogP contribution in [0.15, 0.2) is 48.5 Å². The summed E-state index contributed by atoms with van der Waals surface area (Å²) in [5, 5.41) is 26.6. The van der Waals surface area contributed by atoms with Crippen LogP contribution >= 0.6 is 12.2 Å². The first-order valence-electron chi connectivity index (χ1n) is 7.94. The van der Waals surface area contributed by atoms with Crippen LogP contribution in [0.25, 0.3) is 0 Å². The fourth-order valence-corrected chi connectivity index (χ4v) is 3.10. The second-order valence-electron chi connectivity index (χ2n) is 6.46. The number of nitrogens with one attached hydrogen (secondary N) is 2. The van der Waals surface area contributed by atoms with E-state index in [0.29, 0.717) is 22.0 Å². The number of aliphatic hydroxyl groups is 1. The maximum absolute atomic E-state index is 10.8. The van der Waals surface area contributed by atoms with Gasteiger partial charge in [0, 0.05) is 11.3 Å². The predicted molar refractivity (Wildman–Crippen MR) is 100 cm³/mol. The van der Waals surface area contributed by atoms with Crippen LogP contribution in [0.2, 0.25) is 0 Å². The van der Waals surface area contributed by atoms with Crippen molar-refractivity contribution in [3.05, 3.63) is 59.7 Å². The van der Waals surface area contributed by atoms with E-state index in [-0.39, 0.29) is 0 Å². The van der Waals surface area contributed by atoms with Crippen molar-refractivity contribution in [2.24, 2.45) is 0 Å². The summed E-state index contributed by atoms with van der Waals surface area (Å²) < 4.78 is 5.90. The number of fused-ring (bicyclic) bond motifs is 1. The Kier molecular flexibility index (Phi) is 4.62. The van der Waals surface area contributed by atoms with Gasteiger partial charge in [-0.25, -0.2) is 0 Å². The van der Waals surface area contributed by atoms with Crippen molar-refractivity contribution in [3.8, 4) is 11.8 Å². The van der Waals surface area contributed by atoms with Crippen molar-refractivity contribution < 1.29 is 9.84 Å². The Morgan fingerprint density at radius 3 is 2.64 bits per heavy atom. The van der Waals surface area contributed by atoms with Gasteiger partial charge in [0.2, 0.25) is 0 Å². The van der Waals surface area contributed by atoms with Crippen LogP contribution < -0.4 is 15.4 Å². The normalized spacial score (nSPS) is 20.6. The molecule has 1 aliphatic rings. The Balaban J connectivity index is 1.88. The highest BCUT2D eigenvalue weighted by Gasteiger charge is 2.43. The van der Waals surface area contributed by atoms with Crippen LogP contribution in [0.4, 0.5) is 5.69 Å². The summed E-state index contributed by atoms with van der Waals surface area (Å²) in [6, 6.07) is 16.3. The molecule has 1 aliphatic heterocycles. The zero-order chi connectivity index (χ0) is 18.0. The second-order valence-corrected chi connectivity index (χ2v) is 6.87. The molecule has 0 saturated carbocycles. The predicted octanol–water partition coefficient (Wildman–Crippen LogP) is 3.12. The van der Waals surface area contributed by atoms with Gasteiger partial charge in [-0.15, -0.1) is 0 Å². The number of nitrogens with zero attached hydrogens (tertiary/aromatic N) is 1. The monoisotopic (exact) mass is 353 g/mol. The summed E-state index contributed by atoms with van der Waals surface area (Å²) in [6.07, 6.45) is -0.843. The van der Waals surface area contributed by atoms with Gasteiger partial charge in [0.25, 0.3) is 0 Å². The van der Waals surface area contributed by atoms with Crippen LogP contribution in [0.3, 0.4) is 0 Å². The number of benzene rings is 2. The van der Waals surface area contributed by atoms with Crippen LogP contribution in [0.5, 0.6) is 5.75 Å². The molecule has 2 aromatic rings. The summed E-state index contributed by atoms with van der Waals surface area (Å²) in [5.74, 6) is 0.634. The van der Waals surface area contributed by atoms with Crippen LogP contribution in [0, 0.1) is 11.3 Å². The molecule has 25 heavy (non-hydrogen) atoms. The van der Waals surface area contributed by atoms with Gasteiger partial charge in [-0.1, -0.05) is 18.2 Å². The molecular weight excluding hydrogens is 334 g/mol. The molecule has 2 aromatic carbocycles. The number of hydrogen-bond acceptors (Lipinski definition) is 4. The summed E-state index contributed by atoms with van der Waals surface area (Å²) in [5.41, 5.74) is 1.28. The van der Waals surface area contributed by atoms with Crippen molar-refractivity contribution in [2.75, 3.05) is 5.32 Å². The van der Waals surface area contributed by atoms with E-state index in [1.54, 1.807) is 18.2 Å². The fourth-order valence-electron chi connectivity index (χ4n) is 2.86. The Labute approximate surface area is 152 Å². The molecular formula is C19H19N3O2S. The number of hydrogen-bond donors (Lipinski definition) is 3. The molecule has 5 nitrogen and oxygen atoms in total. The number of para-hydroxylation sites is 1. The summed E-state index contributed by atoms with van der Waals surface area (Å²) in [4.78, 5) is 0. The maximum atomic E-state index is 10.8. The highest BCUT2D eigenvalue weighted by Crippen LogP contribution is 2.40. The molecule has 0 aromatic heterocycles. The molecule has 0 aliphatic carbocycles. The van der Waals surface area contributed by atoms with E-state index in [1.165, 1.54) is 0 Å². The molecule has 0 amide bonds. The molecule has 0 radical (unpaired) electrons. The molecule has 0 spiro atoms. The number of ether oxygens (including phenoxy) is 1. The second kappa shape index (κ2) is 6.71. The van der Waals surface area contributed by atoms with Gasteiger partial charge in [0.1, 0.15) is 17.5 Å². The lowest BCUT2D eigenvalue weighted by Crippen LogP contribution is -2.54. The van der Waals surface area contributed by atoms with E-state index in [2.05, 4.69) is 16.7 Å². The molecule has 0 unspecified atom stereocenters. The van der Waals surface area contributed by atoms with Crippen molar-refractivity contribution in [1.29, 1.82) is 5.26 Å². The van der Waals surface area contributed by atoms with Gasteiger partial charge in [-0.3, -0.25) is 0 Å². The van der Waals surface area contributed by atoms with Gasteiger partial charge in [-0.2, -0.15) is 5.26 Å². The number of thiocarbonyl (C=S) groups is 1. The maximum Gasteiger partial charge on any atom is 0.171 e. The number of aliphatic hydroxyl groups excluding tert-OH is 1. The van der Waals surface area contributed by atoms with E-state index >= 15 is 0 Å². The minimum atomic E-state index is -0.843. The van der Waals surface area contributed by atoms with E-state index in [0.717, 1.165) is 5.69 Å². The smallest absolute Gasteiger partial charge is 0.171 e. The van der Waals surface area contributed by atoms with E-state index in [1.807, 2.05) is 44.2 Å². The molecule has 128 valence electrons. The third-order valence-electron chi connectivity index (χ3n) is 4.19. The van der Waals surface area contributed by atoms with Crippen LogP contribution in [-0.4, -0.2) is 21.9 Å². The standard InChI is InChI=1S/C19H19N3O2S/c1-19(2)17(23)16(14-10-12(11-20)8-9-15(14)24-19)22-18(25)21-13-6-4-3-5-7-13/h3-10,16-17,23H,1-2H3,(H2,21,22,25)/t16-,17+/m0/s1. The largest absolute Gasteiger partial charge is 0.485 e. The number of rotatable bonds is 2. The molecule has 6 heteroatoms. The Morgan fingerprint density at radius 1 is 1.24 bits per heavy atom. The highest BCUT2D eigenvalue weighted by atomic mass is 32.1. The Morgan fingerprint density at radius 2 is 1.96 bits per heavy atom. The van der Waals surface area contributed by atoms with Gasteiger partial charge >= 0.3 is 0 Å². The lowest BCUT2D eigenvalue weighted by Gasteiger charge is -2.42. The molecule has 3 N–H and O–H groups in total. The van der Waals surface area contributed by atoms with Crippen molar-refractivity contribution >= 4 is 23.0 Å². The lowest BCUT2D eigenvalue weighted by atomic mass is 9.86. The van der Waals surface area contributed by atoms with Gasteiger partial charge in [-0.05, 0) is 56.4 Å². The SMILES string of the molecule is CC1(C)Oc2ccc(C#N)cc2[C@H](NC(=S)Nc2ccccc2)[C@H]1O. The minimum absolute atomic E-state index is 0.390. The van der Waals surface area contributed by atoms with Gasteiger partial charge in [0.05, 0.1) is 17.7 Å². The topological polar surface area (TPSA) is 77.3 Å². The molecule has 1 heterocycles. The molecule has 2 atom stereocenters. The first-order valence-corrected chi connectivity index (χ1v) is 8.35. The first-order chi connectivity index (χ1) is 11.9. The highest BCUT2D eigenvalue weighted by molar-refractivity contribution is 7.80. The van der Waals surface area contributed by atoms with Crippen molar-refractivity contribution in [1.82, 2.24) is 5.32 Å². The molecule has 0 bridgehead atoms. The van der Waals surface area contributed by atoms with E-state index in [9.17, 15) is 5.11 Å². The number of anilines is 1. The summed E-state index contributed by atoms with van der Waals surface area (Å²) in [6.45, 7) is 3.64. The molecule has 0 fully saturated rings. The van der Waals surface area contributed by atoms with Crippen LogP contribution in [0.1, 0.15) is 31.0 Å². The summed E-state index contributed by atoms with van der Waals surface area (Å²) in [7, 11) is 0. The third kappa shape index (κ3) is 3.58. The van der Waals surface area contributed by atoms with Crippen molar-refractivity contribution in [2.45, 2.75) is 31.6 Å². The van der Waals surface area contributed by atoms with E-state index in [4.69, 9.17) is 22.2 Å². The average Bonchev–Trinajstić information content (AvgIpc) is 2.59. The zero-order valence-corrected chi connectivity index (χ0v) is 14.8. The Bertz CT molecular complexity index is 830. The van der Waals surface area contributed by atoms with Gasteiger partial charge in [0.15, 0.2) is 5.11 Å². The average molecular weight is 353 g/mol. The Hall–Kier alpha value is -2.62. The fraction of sp³-hybridized carbons (Fsp3) is 0.263. The minimum Gasteiger partial charge on any atom is -0.485 e. The number of nitriles is 1. The van der Waals surface area contributed by atoms with Crippen molar-refractivity contribution in [3.63, 3.8) is 0 Å². The van der Waals surface area contributed by atoms with Crippen LogP contribution in [-0.2, 0) is 0 Å².